The molecule has 2 aromatic carbocycles. The molecular formula is C22H26N2O4S2. The van der Waals surface area contributed by atoms with E-state index in [9.17, 15) is 8.42 Å². The lowest BCUT2D eigenvalue weighted by molar-refractivity contribution is 0.302. The minimum Gasteiger partial charge on any atom is -0.497 e. The van der Waals surface area contributed by atoms with Crippen LogP contribution < -0.4 is 9.47 Å². The third kappa shape index (κ3) is 5.38. The second kappa shape index (κ2) is 10.1. The molecule has 8 heteroatoms. The second-order valence-corrected chi connectivity index (χ2v) is 9.65. The number of rotatable bonds is 10. The molecule has 1 heterocycles. The number of hydrogen-bond acceptors (Lipinski definition) is 6. The summed E-state index contributed by atoms with van der Waals surface area (Å²) in [6, 6.07) is 15.8. The highest BCUT2D eigenvalue weighted by Crippen LogP contribution is 2.25. The van der Waals surface area contributed by atoms with E-state index in [-0.39, 0.29) is 17.5 Å². The molecule has 0 saturated carbocycles. The zero-order valence-corrected chi connectivity index (χ0v) is 18.9. The number of benzene rings is 2. The zero-order valence-electron chi connectivity index (χ0n) is 17.3. The Balaban J connectivity index is 1.75. The molecule has 0 bridgehead atoms. The van der Waals surface area contributed by atoms with Gasteiger partial charge in [-0.1, -0.05) is 25.1 Å². The summed E-state index contributed by atoms with van der Waals surface area (Å²) in [4.78, 5) is 4.83. The van der Waals surface area contributed by atoms with Gasteiger partial charge >= 0.3 is 0 Å². The van der Waals surface area contributed by atoms with Gasteiger partial charge in [-0.25, -0.2) is 13.4 Å². The van der Waals surface area contributed by atoms with Crippen molar-refractivity contribution in [1.82, 2.24) is 9.29 Å². The molecule has 0 aliphatic heterocycles. The van der Waals surface area contributed by atoms with Gasteiger partial charge in [-0.05, 0) is 49.7 Å². The molecular weight excluding hydrogens is 420 g/mol. The van der Waals surface area contributed by atoms with Gasteiger partial charge in [0.1, 0.15) is 23.1 Å². The van der Waals surface area contributed by atoms with E-state index in [0.29, 0.717) is 24.5 Å². The average Bonchev–Trinajstić information content (AvgIpc) is 3.23. The van der Waals surface area contributed by atoms with Crippen molar-refractivity contribution in [3.8, 4) is 11.5 Å². The average molecular weight is 447 g/mol. The van der Waals surface area contributed by atoms with E-state index in [2.05, 4.69) is 4.98 Å². The summed E-state index contributed by atoms with van der Waals surface area (Å²) in [5.74, 6) is 1.39. The topological polar surface area (TPSA) is 68.7 Å². The molecule has 0 aliphatic carbocycles. The number of methoxy groups -OCH3 is 1. The SMILES string of the molecule is CCC(C)N(Cc1csc(COc2ccccc2)n1)S(=O)(=O)c1ccc(OC)cc1. The van der Waals surface area contributed by atoms with Gasteiger partial charge in [0.25, 0.3) is 0 Å². The number of hydrogen-bond donors (Lipinski definition) is 0. The van der Waals surface area contributed by atoms with Crippen molar-refractivity contribution in [3.05, 3.63) is 70.7 Å². The molecule has 3 rings (SSSR count). The predicted octanol–water partition coefficient (Wildman–Crippen LogP) is 4.72. The maximum absolute atomic E-state index is 13.3. The predicted molar refractivity (Wildman–Crippen MR) is 118 cm³/mol. The fourth-order valence-electron chi connectivity index (χ4n) is 2.87. The lowest BCUT2D eigenvalue weighted by atomic mass is 10.2. The first kappa shape index (κ1) is 22.3. The van der Waals surface area contributed by atoms with E-state index in [0.717, 1.165) is 10.8 Å². The van der Waals surface area contributed by atoms with Crippen LogP contribution in [0.15, 0.2) is 64.9 Å². The standard InChI is InChI=1S/C22H26N2O4S2/c1-4-17(2)24(30(25,26)21-12-10-19(27-3)11-13-21)14-18-16-29-22(23-18)15-28-20-8-6-5-7-9-20/h5-13,16-17H,4,14-15H2,1-3H3. The van der Waals surface area contributed by atoms with Crippen LogP contribution in [0.4, 0.5) is 0 Å². The van der Waals surface area contributed by atoms with Gasteiger partial charge in [0, 0.05) is 11.4 Å². The molecule has 1 aromatic heterocycles. The van der Waals surface area contributed by atoms with Gasteiger partial charge in [-0.3, -0.25) is 0 Å². The maximum Gasteiger partial charge on any atom is 0.243 e. The number of thiazole rings is 1. The van der Waals surface area contributed by atoms with Crippen molar-refractivity contribution in [2.24, 2.45) is 0 Å². The van der Waals surface area contributed by atoms with Crippen molar-refractivity contribution in [2.45, 2.75) is 44.4 Å². The summed E-state index contributed by atoms with van der Waals surface area (Å²) in [7, 11) is -2.12. The molecule has 0 aliphatic rings. The number of para-hydroxylation sites is 1. The monoisotopic (exact) mass is 446 g/mol. The molecule has 160 valence electrons. The Hall–Kier alpha value is -2.42. The number of ether oxygens (including phenoxy) is 2. The molecule has 6 nitrogen and oxygen atoms in total. The molecule has 0 saturated heterocycles. The van der Waals surface area contributed by atoms with E-state index in [1.165, 1.54) is 15.6 Å². The summed E-state index contributed by atoms with van der Waals surface area (Å²) < 4.78 is 39.0. The normalized spacial score (nSPS) is 12.7. The highest BCUT2D eigenvalue weighted by Gasteiger charge is 2.29. The molecule has 0 spiro atoms. The molecule has 0 fully saturated rings. The van der Waals surface area contributed by atoms with E-state index in [4.69, 9.17) is 9.47 Å². The van der Waals surface area contributed by atoms with E-state index in [1.54, 1.807) is 31.4 Å². The third-order valence-corrected chi connectivity index (χ3v) is 7.62. The minimum atomic E-state index is -3.67. The van der Waals surface area contributed by atoms with Crippen molar-refractivity contribution >= 4 is 21.4 Å². The first-order valence-corrected chi connectivity index (χ1v) is 12.0. The van der Waals surface area contributed by atoms with E-state index in [1.807, 2.05) is 49.6 Å². The zero-order chi connectivity index (χ0) is 21.6. The summed E-state index contributed by atoms with van der Waals surface area (Å²) in [6.45, 7) is 4.45. The molecule has 1 unspecified atom stereocenters. The van der Waals surface area contributed by atoms with Crippen molar-refractivity contribution in [3.63, 3.8) is 0 Å². The van der Waals surface area contributed by atoms with Crippen molar-refractivity contribution < 1.29 is 17.9 Å². The fraction of sp³-hybridized carbons (Fsp3) is 0.318. The van der Waals surface area contributed by atoms with Crippen LogP contribution in [-0.4, -0.2) is 30.9 Å². The summed E-state index contributed by atoms with van der Waals surface area (Å²) in [5, 5.41) is 2.70. The van der Waals surface area contributed by atoms with Crippen molar-refractivity contribution in [2.75, 3.05) is 7.11 Å². The van der Waals surface area contributed by atoms with Crippen LogP contribution in [0, 0.1) is 0 Å². The third-order valence-electron chi connectivity index (χ3n) is 4.77. The quantitative estimate of drug-likeness (QED) is 0.451. The Morgan fingerprint density at radius 1 is 1.07 bits per heavy atom. The van der Waals surface area contributed by atoms with Crippen LogP contribution in [0.1, 0.15) is 31.0 Å². The van der Waals surface area contributed by atoms with Crippen LogP contribution in [-0.2, 0) is 23.2 Å². The van der Waals surface area contributed by atoms with Gasteiger partial charge in [0.05, 0.1) is 24.2 Å². The lowest BCUT2D eigenvalue weighted by Gasteiger charge is -2.27. The van der Waals surface area contributed by atoms with E-state index < -0.39 is 10.0 Å². The smallest absolute Gasteiger partial charge is 0.243 e. The number of nitrogens with zero attached hydrogens (tertiary/aromatic N) is 2. The number of aromatic nitrogens is 1. The largest absolute Gasteiger partial charge is 0.497 e. The second-order valence-electron chi connectivity index (χ2n) is 6.82. The summed E-state index contributed by atoms with van der Waals surface area (Å²) in [5.41, 5.74) is 0.712. The van der Waals surface area contributed by atoms with Crippen molar-refractivity contribution in [1.29, 1.82) is 0 Å². The first-order valence-electron chi connectivity index (χ1n) is 9.71. The summed E-state index contributed by atoms with van der Waals surface area (Å²) >= 11 is 1.47. The van der Waals surface area contributed by atoms with Crippen LogP contribution >= 0.6 is 11.3 Å². The Kier molecular flexibility index (Phi) is 7.47. The Morgan fingerprint density at radius 3 is 2.40 bits per heavy atom. The minimum absolute atomic E-state index is 0.164. The fourth-order valence-corrected chi connectivity index (χ4v) is 5.25. The molecule has 0 amide bonds. The maximum atomic E-state index is 13.3. The molecule has 0 radical (unpaired) electrons. The molecule has 3 aromatic rings. The van der Waals surface area contributed by atoms with Gasteiger partial charge in [-0.2, -0.15) is 4.31 Å². The highest BCUT2D eigenvalue weighted by atomic mass is 32.2. The molecule has 30 heavy (non-hydrogen) atoms. The van der Waals surface area contributed by atoms with Gasteiger partial charge in [-0.15, -0.1) is 11.3 Å². The van der Waals surface area contributed by atoms with Crippen LogP contribution in [0.3, 0.4) is 0 Å². The molecule has 0 N–H and O–H groups in total. The van der Waals surface area contributed by atoms with Crippen LogP contribution in [0.5, 0.6) is 11.5 Å². The molecule has 1 atom stereocenters. The van der Waals surface area contributed by atoms with E-state index >= 15 is 0 Å². The first-order chi connectivity index (χ1) is 14.4. The van der Waals surface area contributed by atoms with Crippen LogP contribution in [0.25, 0.3) is 0 Å². The number of sulfonamides is 1. The summed E-state index contributed by atoms with van der Waals surface area (Å²) in [6.07, 6.45) is 0.698. The Labute approximate surface area is 182 Å². The van der Waals surface area contributed by atoms with Gasteiger partial charge in [0.15, 0.2) is 0 Å². The Morgan fingerprint density at radius 2 is 1.77 bits per heavy atom. The highest BCUT2D eigenvalue weighted by molar-refractivity contribution is 7.89. The van der Waals surface area contributed by atoms with Gasteiger partial charge in [0.2, 0.25) is 10.0 Å². The van der Waals surface area contributed by atoms with Gasteiger partial charge < -0.3 is 9.47 Å². The lowest BCUT2D eigenvalue weighted by Crippen LogP contribution is -2.37. The Bertz CT molecular complexity index is 1030. The van der Waals surface area contributed by atoms with Crippen LogP contribution in [0.2, 0.25) is 0 Å².